The van der Waals surface area contributed by atoms with E-state index in [0.29, 0.717) is 28.2 Å². The van der Waals surface area contributed by atoms with Gasteiger partial charge in [0.15, 0.2) is 5.82 Å². The molecule has 9 heteroatoms. The van der Waals surface area contributed by atoms with E-state index in [1.54, 1.807) is 12.1 Å². The van der Waals surface area contributed by atoms with Crippen LogP contribution in [0, 0.1) is 5.82 Å². The molecule has 0 saturated heterocycles. The number of aromatic amines is 1. The highest BCUT2D eigenvalue weighted by atomic mass is 32.2. The first-order valence-corrected chi connectivity index (χ1v) is 6.58. The zero-order valence-electron chi connectivity index (χ0n) is 10.1. The summed E-state index contributed by atoms with van der Waals surface area (Å²) in [5.74, 6) is 1.23. The fraction of sp³-hybridized carbons (Fsp3) is 0.0909. The highest BCUT2D eigenvalue weighted by Crippen LogP contribution is 2.21. The Kier molecular flexibility index (Phi) is 3.33. The smallest absolute Gasteiger partial charge is 0.257 e. The summed E-state index contributed by atoms with van der Waals surface area (Å²) in [6.45, 7) is 0. The van der Waals surface area contributed by atoms with Crippen LogP contribution in [0.15, 0.2) is 33.9 Å². The molecule has 102 valence electrons. The molecule has 0 radical (unpaired) electrons. The molecule has 1 aromatic carbocycles. The highest BCUT2D eigenvalue weighted by molar-refractivity contribution is 7.98. The largest absolute Gasteiger partial charge is 0.368 e. The summed E-state index contributed by atoms with van der Waals surface area (Å²) in [6.07, 6.45) is 0. The van der Waals surface area contributed by atoms with E-state index in [1.165, 1.54) is 23.9 Å². The van der Waals surface area contributed by atoms with E-state index >= 15 is 0 Å². The average Bonchev–Trinajstić information content (AvgIpc) is 3.06. The lowest BCUT2D eigenvalue weighted by Gasteiger charge is -1.92. The molecule has 2 aromatic heterocycles. The third kappa shape index (κ3) is 2.77. The predicted molar refractivity (Wildman–Crippen MR) is 70.0 cm³/mol. The normalized spacial score (nSPS) is 10.8. The second kappa shape index (κ2) is 5.29. The lowest BCUT2D eigenvalue weighted by atomic mass is 10.2. The van der Waals surface area contributed by atoms with Crippen molar-refractivity contribution in [1.29, 1.82) is 0 Å². The van der Waals surface area contributed by atoms with E-state index in [2.05, 4.69) is 25.3 Å². The number of aromatic nitrogens is 5. The van der Waals surface area contributed by atoms with Gasteiger partial charge < -0.3 is 10.3 Å². The number of benzene rings is 1. The number of nitrogens with zero attached hydrogens (tertiary/aromatic N) is 4. The van der Waals surface area contributed by atoms with Crippen LogP contribution in [0.1, 0.15) is 5.82 Å². The van der Waals surface area contributed by atoms with Gasteiger partial charge in [0.2, 0.25) is 11.1 Å². The van der Waals surface area contributed by atoms with Crippen molar-refractivity contribution in [3.05, 3.63) is 35.9 Å². The van der Waals surface area contributed by atoms with Crippen LogP contribution in [-0.4, -0.2) is 25.3 Å². The van der Waals surface area contributed by atoms with E-state index in [1.807, 2.05) is 0 Å². The van der Waals surface area contributed by atoms with Crippen LogP contribution in [0.25, 0.3) is 11.5 Å². The second-order valence-electron chi connectivity index (χ2n) is 3.81. The summed E-state index contributed by atoms with van der Waals surface area (Å²) in [5.41, 5.74) is 6.08. The molecule has 0 aliphatic carbocycles. The third-order valence-corrected chi connectivity index (χ3v) is 3.22. The minimum atomic E-state index is -0.314. The Morgan fingerprint density at radius 3 is 2.75 bits per heavy atom. The highest BCUT2D eigenvalue weighted by Gasteiger charge is 2.10. The fourth-order valence-electron chi connectivity index (χ4n) is 1.47. The van der Waals surface area contributed by atoms with Crippen LogP contribution in [0.2, 0.25) is 0 Å². The Morgan fingerprint density at radius 1 is 1.25 bits per heavy atom. The monoisotopic (exact) mass is 292 g/mol. The van der Waals surface area contributed by atoms with Crippen molar-refractivity contribution >= 4 is 17.7 Å². The maximum absolute atomic E-state index is 12.8. The molecule has 0 aliphatic rings. The van der Waals surface area contributed by atoms with Crippen molar-refractivity contribution in [2.45, 2.75) is 10.9 Å². The van der Waals surface area contributed by atoms with E-state index < -0.39 is 0 Å². The number of nitrogen functional groups attached to an aromatic ring is 1. The molecule has 0 bridgehead atoms. The number of hydrogen-bond acceptors (Lipinski definition) is 7. The summed E-state index contributed by atoms with van der Waals surface area (Å²) < 4.78 is 17.9. The van der Waals surface area contributed by atoms with Crippen molar-refractivity contribution in [2.75, 3.05) is 5.73 Å². The van der Waals surface area contributed by atoms with Gasteiger partial charge in [0.05, 0.1) is 5.75 Å². The molecule has 0 unspecified atom stereocenters. The molecule has 0 spiro atoms. The predicted octanol–water partition coefficient (Wildman–Crippen LogP) is 1.87. The summed E-state index contributed by atoms with van der Waals surface area (Å²) in [7, 11) is 0. The van der Waals surface area contributed by atoms with Gasteiger partial charge in [-0.05, 0) is 24.3 Å². The summed E-state index contributed by atoms with van der Waals surface area (Å²) in [4.78, 5) is 8.16. The number of nitrogens with one attached hydrogen (secondary N) is 1. The van der Waals surface area contributed by atoms with Gasteiger partial charge in [0.25, 0.3) is 5.89 Å². The molecule has 2 heterocycles. The van der Waals surface area contributed by atoms with Crippen LogP contribution in [0.5, 0.6) is 0 Å². The number of nitrogens with two attached hydrogens (primary N) is 1. The minimum Gasteiger partial charge on any atom is -0.368 e. The number of thioether (sulfide) groups is 1. The second-order valence-corrected chi connectivity index (χ2v) is 4.76. The van der Waals surface area contributed by atoms with Gasteiger partial charge in [-0.2, -0.15) is 9.97 Å². The van der Waals surface area contributed by atoms with E-state index in [9.17, 15) is 4.39 Å². The fourth-order valence-corrected chi connectivity index (χ4v) is 2.12. The molecule has 0 saturated carbocycles. The van der Waals surface area contributed by atoms with Crippen LogP contribution < -0.4 is 5.73 Å². The first-order valence-electron chi connectivity index (χ1n) is 5.60. The Labute approximate surface area is 116 Å². The lowest BCUT2D eigenvalue weighted by molar-refractivity contribution is 0.425. The van der Waals surface area contributed by atoms with Gasteiger partial charge in [0.1, 0.15) is 5.82 Å². The van der Waals surface area contributed by atoms with E-state index in [4.69, 9.17) is 10.3 Å². The molecule has 7 nitrogen and oxygen atoms in total. The molecular weight excluding hydrogens is 283 g/mol. The number of rotatable bonds is 4. The Bertz CT molecular complexity index is 710. The van der Waals surface area contributed by atoms with Crippen molar-refractivity contribution in [3.63, 3.8) is 0 Å². The summed E-state index contributed by atoms with van der Waals surface area (Å²) in [6, 6.07) is 5.83. The van der Waals surface area contributed by atoms with Crippen molar-refractivity contribution in [2.24, 2.45) is 0 Å². The van der Waals surface area contributed by atoms with Gasteiger partial charge in [-0.3, -0.25) is 0 Å². The molecule has 0 aliphatic heterocycles. The molecule has 3 rings (SSSR count). The lowest BCUT2D eigenvalue weighted by Crippen LogP contribution is -1.86. The molecular formula is C11H9FN6OS. The van der Waals surface area contributed by atoms with Crippen LogP contribution >= 0.6 is 11.8 Å². The molecule has 0 fully saturated rings. The standard InChI is InChI=1S/C11H9FN6OS/c12-7-3-1-6(2-4-7)9-14-8(18-19-9)5-20-11-15-10(13)16-17-11/h1-4H,5H2,(H3,13,15,16,17). The number of anilines is 1. The summed E-state index contributed by atoms with van der Waals surface area (Å²) in [5, 5.41) is 10.8. The zero-order valence-corrected chi connectivity index (χ0v) is 10.9. The van der Waals surface area contributed by atoms with Crippen LogP contribution in [0.3, 0.4) is 0 Å². The van der Waals surface area contributed by atoms with E-state index in [0.717, 1.165) is 0 Å². The third-order valence-electron chi connectivity index (χ3n) is 2.37. The molecule has 3 aromatic rings. The van der Waals surface area contributed by atoms with Gasteiger partial charge in [0, 0.05) is 5.56 Å². The average molecular weight is 292 g/mol. The SMILES string of the molecule is Nc1nc(SCc2noc(-c3ccc(F)cc3)n2)n[nH]1. The van der Waals surface area contributed by atoms with Crippen molar-refractivity contribution in [3.8, 4) is 11.5 Å². The van der Waals surface area contributed by atoms with Gasteiger partial charge in [-0.1, -0.05) is 16.9 Å². The Morgan fingerprint density at radius 2 is 2.05 bits per heavy atom. The first-order chi connectivity index (χ1) is 9.70. The van der Waals surface area contributed by atoms with Gasteiger partial charge in [-0.25, -0.2) is 9.49 Å². The van der Waals surface area contributed by atoms with Crippen LogP contribution in [-0.2, 0) is 5.75 Å². The first kappa shape index (κ1) is 12.6. The quantitative estimate of drug-likeness (QED) is 0.707. The van der Waals surface area contributed by atoms with Crippen molar-refractivity contribution < 1.29 is 8.91 Å². The van der Waals surface area contributed by atoms with E-state index in [-0.39, 0.29) is 11.8 Å². The Balaban J connectivity index is 1.69. The number of hydrogen-bond donors (Lipinski definition) is 2. The van der Waals surface area contributed by atoms with Crippen LogP contribution in [0.4, 0.5) is 10.3 Å². The number of halogens is 1. The maximum Gasteiger partial charge on any atom is 0.257 e. The maximum atomic E-state index is 12.8. The number of H-pyrrole nitrogens is 1. The molecule has 20 heavy (non-hydrogen) atoms. The topological polar surface area (TPSA) is 107 Å². The minimum absolute atomic E-state index is 0.257. The summed E-state index contributed by atoms with van der Waals surface area (Å²) >= 11 is 1.33. The molecule has 0 atom stereocenters. The zero-order chi connectivity index (χ0) is 13.9. The van der Waals surface area contributed by atoms with Gasteiger partial charge in [-0.15, -0.1) is 5.10 Å². The molecule has 0 amide bonds. The molecule has 3 N–H and O–H groups in total. The van der Waals surface area contributed by atoms with Gasteiger partial charge >= 0.3 is 0 Å². The van der Waals surface area contributed by atoms with Crippen molar-refractivity contribution in [1.82, 2.24) is 25.3 Å². The Hall–Kier alpha value is -2.42.